The molecule has 2 fully saturated rings. The molecule has 2 unspecified atom stereocenters. The standard InChI is InChI=1S/C21H28N2O2/c1-14(2)12-17-19(21(17,3)4)20(25)22-13-15-7-9-16(10-8-15)23-11-5-6-18(23)24/h7-10,12,17,19H,5-6,11,13H2,1-4H3,(H,22,25). The number of nitrogens with zero attached hydrogens (tertiary/aromatic N) is 1. The first-order valence-corrected chi connectivity index (χ1v) is 9.13. The highest BCUT2D eigenvalue weighted by atomic mass is 16.2. The largest absolute Gasteiger partial charge is 0.352 e. The van der Waals surface area contributed by atoms with Crippen LogP contribution in [0.1, 0.15) is 46.1 Å². The lowest BCUT2D eigenvalue weighted by Crippen LogP contribution is -2.26. The molecule has 0 aromatic heterocycles. The van der Waals surface area contributed by atoms with Gasteiger partial charge in [0.15, 0.2) is 0 Å². The minimum atomic E-state index is 0.0430. The number of rotatable bonds is 5. The molecular formula is C21H28N2O2. The fourth-order valence-corrected chi connectivity index (χ4v) is 3.86. The quantitative estimate of drug-likeness (QED) is 0.832. The van der Waals surface area contributed by atoms with Gasteiger partial charge in [0.25, 0.3) is 0 Å². The van der Waals surface area contributed by atoms with Crippen molar-refractivity contribution in [1.29, 1.82) is 0 Å². The van der Waals surface area contributed by atoms with Crippen molar-refractivity contribution in [1.82, 2.24) is 5.32 Å². The van der Waals surface area contributed by atoms with Crippen LogP contribution in [0.25, 0.3) is 0 Å². The van der Waals surface area contributed by atoms with Gasteiger partial charge in [0.2, 0.25) is 11.8 Å². The van der Waals surface area contributed by atoms with Gasteiger partial charge in [0.05, 0.1) is 5.92 Å². The number of nitrogens with one attached hydrogen (secondary N) is 1. The van der Waals surface area contributed by atoms with Gasteiger partial charge in [-0.2, -0.15) is 0 Å². The SMILES string of the molecule is CC(C)=CC1C(C(=O)NCc2ccc(N3CCCC3=O)cc2)C1(C)C. The molecule has 1 heterocycles. The molecule has 1 saturated heterocycles. The number of hydrogen-bond acceptors (Lipinski definition) is 2. The number of carbonyl (C=O) groups excluding carboxylic acids is 2. The number of allylic oxidation sites excluding steroid dienone is 2. The van der Waals surface area contributed by atoms with E-state index in [0.717, 1.165) is 24.2 Å². The maximum Gasteiger partial charge on any atom is 0.227 e. The Kier molecular flexibility index (Phi) is 4.72. The Labute approximate surface area is 150 Å². The summed E-state index contributed by atoms with van der Waals surface area (Å²) in [5.41, 5.74) is 3.31. The topological polar surface area (TPSA) is 49.4 Å². The summed E-state index contributed by atoms with van der Waals surface area (Å²) in [7, 11) is 0. The highest BCUT2D eigenvalue weighted by Crippen LogP contribution is 2.59. The first-order chi connectivity index (χ1) is 11.8. The number of hydrogen-bond donors (Lipinski definition) is 1. The van der Waals surface area contributed by atoms with E-state index in [1.807, 2.05) is 29.2 Å². The Morgan fingerprint density at radius 3 is 2.52 bits per heavy atom. The molecule has 1 aromatic rings. The average Bonchev–Trinajstić information content (AvgIpc) is 2.89. The van der Waals surface area contributed by atoms with E-state index in [1.165, 1.54) is 5.57 Å². The number of anilines is 1. The summed E-state index contributed by atoms with van der Waals surface area (Å²) >= 11 is 0. The minimum absolute atomic E-state index is 0.0430. The highest BCUT2D eigenvalue weighted by molar-refractivity contribution is 5.95. The molecule has 1 aromatic carbocycles. The molecule has 2 atom stereocenters. The first kappa shape index (κ1) is 17.7. The predicted octanol–water partition coefficient (Wildman–Crippen LogP) is 3.67. The van der Waals surface area contributed by atoms with Gasteiger partial charge in [0.1, 0.15) is 0 Å². The second-order valence-corrected chi connectivity index (χ2v) is 8.10. The molecule has 1 N–H and O–H groups in total. The van der Waals surface area contributed by atoms with Gasteiger partial charge in [-0.25, -0.2) is 0 Å². The highest BCUT2D eigenvalue weighted by Gasteiger charge is 2.60. The van der Waals surface area contributed by atoms with E-state index in [2.05, 4.69) is 39.1 Å². The van der Waals surface area contributed by atoms with Crippen molar-refractivity contribution in [3.63, 3.8) is 0 Å². The Morgan fingerprint density at radius 2 is 1.96 bits per heavy atom. The zero-order valence-corrected chi connectivity index (χ0v) is 15.6. The van der Waals surface area contributed by atoms with Crippen molar-refractivity contribution in [3.8, 4) is 0 Å². The minimum Gasteiger partial charge on any atom is -0.352 e. The van der Waals surface area contributed by atoms with E-state index in [1.54, 1.807) is 0 Å². The maximum absolute atomic E-state index is 12.5. The van der Waals surface area contributed by atoms with E-state index < -0.39 is 0 Å². The van der Waals surface area contributed by atoms with Gasteiger partial charge in [-0.1, -0.05) is 37.6 Å². The third-order valence-electron chi connectivity index (χ3n) is 5.49. The monoisotopic (exact) mass is 340 g/mol. The molecule has 3 rings (SSSR count). The van der Waals surface area contributed by atoms with Crippen LogP contribution in [-0.2, 0) is 16.1 Å². The summed E-state index contributed by atoms with van der Waals surface area (Å²) in [5.74, 6) is 0.721. The normalized spacial score (nSPS) is 24.2. The van der Waals surface area contributed by atoms with Crippen LogP contribution >= 0.6 is 0 Å². The zero-order chi connectivity index (χ0) is 18.2. The fraction of sp³-hybridized carbons (Fsp3) is 0.524. The van der Waals surface area contributed by atoms with Crippen molar-refractivity contribution >= 4 is 17.5 Å². The van der Waals surface area contributed by atoms with E-state index in [9.17, 15) is 9.59 Å². The van der Waals surface area contributed by atoms with Gasteiger partial charge >= 0.3 is 0 Å². The Hall–Kier alpha value is -2.10. The Bertz CT molecular complexity index is 699. The van der Waals surface area contributed by atoms with Crippen LogP contribution in [0.4, 0.5) is 5.69 Å². The smallest absolute Gasteiger partial charge is 0.227 e. The fourth-order valence-electron chi connectivity index (χ4n) is 3.86. The van der Waals surface area contributed by atoms with Crippen molar-refractivity contribution < 1.29 is 9.59 Å². The van der Waals surface area contributed by atoms with Crippen LogP contribution in [-0.4, -0.2) is 18.4 Å². The van der Waals surface area contributed by atoms with Crippen LogP contribution in [0, 0.1) is 17.3 Å². The molecule has 134 valence electrons. The molecular weight excluding hydrogens is 312 g/mol. The number of amides is 2. The number of benzene rings is 1. The summed E-state index contributed by atoms with van der Waals surface area (Å²) in [6.45, 7) is 9.80. The molecule has 4 nitrogen and oxygen atoms in total. The van der Waals surface area contributed by atoms with Gasteiger partial charge in [-0.05, 0) is 49.3 Å². The molecule has 2 aliphatic rings. The van der Waals surface area contributed by atoms with E-state index in [4.69, 9.17) is 0 Å². The molecule has 1 aliphatic heterocycles. The summed E-state index contributed by atoms with van der Waals surface area (Å²) in [4.78, 5) is 26.1. The van der Waals surface area contributed by atoms with Crippen LogP contribution in [0.5, 0.6) is 0 Å². The van der Waals surface area contributed by atoms with E-state index in [0.29, 0.717) is 18.9 Å². The Balaban J connectivity index is 1.56. The molecule has 2 amide bonds. The Morgan fingerprint density at radius 1 is 1.28 bits per heavy atom. The van der Waals surface area contributed by atoms with Gasteiger partial charge in [0, 0.05) is 25.2 Å². The lowest BCUT2D eigenvalue weighted by molar-refractivity contribution is -0.123. The van der Waals surface area contributed by atoms with Gasteiger partial charge in [-0.3, -0.25) is 9.59 Å². The number of carbonyl (C=O) groups is 2. The molecule has 0 radical (unpaired) electrons. The molecule has 0 spiro atoms. The summed E-state index contributed by atoms with van der Waals surface area (Å²) in [5, 5.41) is 3.07. The van der Waals surface area contributed by atoms with E-state index >= 15 is 0 Å². The van der Waals surface area contributed by atoms with Crippen LogP contribution < -0.4 is 10.2 Å². The second-order valence-electron chi connectivity index (χ2n) is 8.10. The van der Waals surface area contributed by atoms with Crippen LogP contribution in [0.3, 0.4) is 0 Å². The molecule has 0 bridgehead atoms. The molecule has 4 heteroatoms. The van der Waals surface area contributed by atoms with Crippen LogP contribution in [0.2, 0.25) is 0 Å². The summed E-state index contributed by atoms with van der Waals surface area (Å²) in [6.07, 6.45) is 3.79. The lowest BCUT2D eigenvalue weighted by atomic mass is 10.1. The van der Waals surface area contributed by atoms with Gasteiger partial charge in [-0.15, -0.1) is 0 Å². The first-order valence-electron chi connectivity index (χ1n) is 9.13. The van der Waals surface area contributed by atoms with E-state index in [-0.39, 0.29) is 23.1 Å². The lowest BCUT2D eigenvalue weighted by Gasteiger charge is -2.16. The summed E-state index contributed by atoms with van der Waals surface area (Å²) in [6, 6.07) is 7.93. The maximum atomic E-state index is 12.5. The van der Waals surface area contributed by atoms with Crippen molar-refractivity contribution in [2.24, 2.45) is 17.3 Å². The van der Waals surface area contributed by atoms with Crippen molar-refractivity contribution in [2.75, 3.05) is 11.4 Å². The summed E-state index contributed by atoms with van der Waals surface area (Å²) < 4.78 is 0. The van der Waals surface area contributed by atoms with Crippen LogP contribution in [0.15, 0.2) is 35.9 Å². The molecule has 1 aliphatic carbocycles. The third kappa shape index (κ3) is 3.63. The van der Waals surface area contributed by atoms with Gasteiger partial charge < -0.3 is 10.2 Å². The van der Waals surface area contributed by atoms with Crippen molar-refractivity contribution in [3.05, 3.63) is 41.5 Å². The third-order valence-corrected chi connectivity index (χ3v) is 5.49. The molecule has 1 saturated carbocycles. The predicted molar refractivity (Wildman–Crippen MR) is 100 cm³/mol. The van der Waals surface area contributed by atoms with Crippen molar-refractivity contribution in [2.45, 2.75) is 47.1 Å². The second kappa shape index (κ2) is 6.66. The average molecular weight is 340 g/mol. The molecule has 25 heavy (non-hydrogen) atoms. The zero-order valence-electron chi connectivity index (χ0n) is 15.6.